The summed E-state index contributed by atoms with van der Waals surface area (Å²) in [6.07, 6.45) is 0. The SMILES string of the molecule is Cc1ccc(CNc2nc(C)cc(Cl)n2)cc1. The molecule has 0 radical (unpaired) electrons. The zero-order valence-electron chi connectivity index (χ0n) is 9.87. The Hall–Kier alpha value is -1.61. The number of anilines is 1. The fourth-order valence-corrected chi connectivity index (χ4v) is 1.73. The molecule has 0 saturated carbocycles. The van der Waals surface area contributed by atoms with Gasteiger partial charge in [-0.3, -0.25) is 0 Å². The van der Waals surface area contributed by atoms with Crippen molar-refractivity contribution in [2.45, 2.75) is 20.4 Å². The third kappa shape index (κ3) is 3.43. The van der Waals surface area contributed by atoms with E-state index < -0.39 is 0 Å². The first-order valence-electron chi connectivity index (χ1n) is 5.44. The van der Waals surface area contributed by atoms with Gasteiger partial charge in [-0.2, -0.15) is 0 Å². The number of hydrogen-bond donors (Lipinski definition) is 1. The molecule has 0 atom stereocenters. The highest BCUT2D eigenvalue weighted by Gasteiger charge is 2.00. The van der Waals surface area contributed by atoms with Gasteiger partial charge in [-0.1, -0.05) is 41.4 Å². The van der Waals surface area contributed by atoms with Crippen molar-refractivity contribution < 1.29 is 0 Å². The number of rotatable bonds is 3. The maximum Gasteiger partial charge on any atom is 0.224 e. The summed E-state index contributed by atoms with van der Waals surface area (Å²) in [6.45, 7) is 4.66. The largest absolute Gasteiger partial charge is 0.350 e. The van der Waals surface area contributed by atoms with Crippen LogP contribution in [0.1, 0.15) is 16.8 Å². The van der Waals surface area contributed by atoms with Crippen LogP contribution in [0.4, 0.5) is 5.95 Å². The van der Waals surface area contributed by atoms with E-state index in [4.69, 9.17) is 11.6 Å². The van der Waals surface area contributed by atoms with Crippen molar-refractivity contribution in [2.75, 3.05) is 5.32 Å². The molecule has 0 aliphatic carbocycles. The van der Waals surface area contributed by atoms with E-state index in [0.717, 1.165) is 5.69 Å². The van der Waals surface area contributed by atoms with Crippen LogP contribution in [-0.2, 0) is 6.54 Å². The first-order valence-corrected chi connectivity index (χ1v) is 5.82. The molecule has 0 aliphatic heterocycles. The Bertz CT molecular complexity index is 488. The smallest absolute Gasteiger partial charge is 0.224 e. The van der Waals surface area contributed by atoms with Gasteiger partial charge in [0.25, 0.3) is 0 Å². The fourth-order valence-electron chi connectivity index (χ4n) is 1.50. The second-order valence-corrected chi connectivity index (χ2v) is 4.38. The van der Waals surface area contributed by atoms with Crippen LogP contribution in [0, 0.1) is 13.8 Å². The molecule has 1 aromatic carbocycles. The standard InChI is InChI=1S/C13H14ClN3/c1-9-3-5-11(6-4-9)8-15-13-16-10(2)7-12(14)17-13/h3-7H,8H2,1-2H3,(H,15,16,17). The quantitative estimate of drug-likeness (QED) is 0.846. The maximum absolute atomic E-state index is 5.86. The van der Waals surface area contributed by atoms with E-state index in [1.807, 2.05) is 6.92 Å². The lowest BCUT2D eigenvalue weighted by Crippen LogP contribution is -2.04. The van der Waals surface area contributed by atoms with E-state index in [9.17, 15) is 0 Å². The molecule has 1 N–H and O–H groups in total. The van der Waals surface area contributed by atoms with Crippen LogP contribution in [0.2, 0.25) is 5.15 Å². The molecular formula is C13H14ClN3. The molecule has 0 bridgehead atoms. The third-order valence-corrected chi connectivity index (χ3v) is 2.59. The van der Waals surface area contributed by atoms with E-state index in [1.54, 1.807) is 6.07 Å². The second kappa shape index (κ2) is 5.15. The zero-order chi connectivity index (χ0) is 12.3. The van der Waals surface area contributed by atoms with Crippen molar-refractivity contribution in [3.63, 3.8) is 0 Å². The molecule has 0 amide bonds. The lowest BCUT2D eigenvalue weighted by molar-refractivity contribution is 1.03. The van der Waals surface area contributed by atoms with Gasteiger partial charge >= 0.3 is 0 Å². The maximum atomic E-state index is 5.86. The van der Waals surface area contributed by atoms with Crippen molar-refractivity contribution in [1.82, 2.24) is 9.97 Å². The Kier molecular flexibility index (Phi) is 3.59. The summed E-state index contributed by atoms with van der Waals surface area (Å²) < 4.78 is 0. The molecule has 0 spiro atoms. The predicted octanol–water partition coefficient (Wildman–Crippen LogP) is 3.36. The summed E-state index contributed by atoms with van der Waals surface area (Å²) in [5.74, 6) is 0.565. The average molecular weight is 248 g/mol. The summed E-state index contributed by atoms with van der Waals surface area (Å²) in [7, 11) is 0. The van der Waals surface area contributed by atoms with Gasteiger partial charge in [-0.15, -0.1) is 0 Å². The molecule has 17 heavy (non-hydrogen) atoms. The predicted molar refractivity (Wildman–Crippen MR) is 70.3 cm³/mol. The minimum Gasteiger partial charge on any atom is -0.350 e. The molecule has 4 heteroatoms. The van der Waals surface area contributed by atoms with Gasteiger partial charge in [-0.05, 0) is 25.5 Å². The first-order chi connectivity index (χ1) is 8.13. The van der Waals surface area contributed by atoms with E-state index in [-0.39, 0.29) is 0 Å². The highest BCUT2D eigenvalue weighted by molar-refractivity contribution is 6.29. The number of hydrogen-bond acceptors (Lipinski definition) is 3. The van der Waals surface area contributed by atoms with Crippen molar-refractivity contribution >= 4 is 17.5 Å². The van der Waals surface area contributed by atoms with Gasteiger partial charge in [0.2, 0.25) is 5.95 Å². The average Bonchev–Trinajstić information content (AvgIpc) is 2.27. The summed E-state index contributed by atoms with van der Waals surface area (Å²) in [5.41, 5.74) is 3.30. The van der Waals surface area contributed by atoms with Gasteiger partial charge in [0.05, 0.1) is 0 Å². The van der Waals surface area contributed by atoms with Crippen LogP contribution in [0.3, 0.4) is 0 Å². The number of halogens is 1. The molecule has 1 heterocycles. The van der Waals surface area contributed by atoms with E-state index in [0.29, 0.717) is 17.6 Å². The number of benzene rings is 1. The molecule has 0 aliphatic rings. The lowest BCUT2D eigenvalue weighted by Gasteiger charge is -2.06. The van der Waals surface area contributed by atoms with Gasteiger partial charge in [0.15, 0.2) is 0 Å². The topological polar surface area (TPSA) is 37.8 Å². The van der Waals surface area contributed by atoms with Crippen molar-refractivity contribution in [3.05, 3.63) is 52.3 Å². The second-order valence-electron chi connectivity index (χ2n) is 3.99. The van der Waals surface area contributed by atoms with E-state index in [2.05, 4.69) is 46.5 Å². The minimum atomic E-state index is 0.462. The molecule has 2 aromatic rings. The van der Waals surface area contributed by atoms with Crippen molar-refractivity contribution in [2.24, 2.45) is 0 Å². The normalized spacial score (nSPS) is 10.3. The first kappa shape index (κ1) is 11.9. The van der Waals surface area contributed by atoms with Crippen molar-refractivity contribution in [3.8, 4) is 0 Å². The van der Waals surface area contributed by atoms with E-state index in [1.165, 1.54) is 11.1 Å². The van der Waals surface area contributed by atoms with Crippen molar-refractivity contribution in [1.29, 1.82) is 0 Å². The fraction of sp³-hybridized carbons (Fsp3) is 0.231. The number of nitrogens with one attached hydrogen (secondary N) is 1. The highest BCUT2D eigenvalue weighted by Crippen LogP contribution is 2.11. The van der Waals surface area contributed by atoms with Gasteiger partial charge in [-0.25, -0.2) is 9.97 Å². The van der Waals surface area contributed by atoms with Crippen LogP contribution >= 0.6 is 11.6 Å². The summed E-state index contributed by atoms with van der Waals surface area (Å²) in [5, 5.41) is 3.62. The molecule has 1 aromatic heterocycles. The summed E-state index contributed by atoms with van der Waals surface area (Å²) in [6, 6.07) is 10.1. The number of aryl methyl sites for hydroxylation is 2. The Balaban J connectivity index is 2.04. The Morgan fingerprint density at radius 2 is 1.82 bits per heavy atom. The zero-order valence-corrected chi connectivity index (χ0v) is 10.6. The Labute approximate surface area is 106 Å². The Morgan fingerprint density at radius 1 is 1.12 bits per heavy atom. The molecule has 0 fully saturated rings. The van der Waals surface area contributed by atoms with Gasteiger partial charge in [0.1, 0.15) is 5.15 Å². The minimum absolute atomic E-state index is 0.462. The summed E-state index contributed by atoms with van der Waals surface area (Å²) >= 11 is 5.86. The van der Waals surface area contributed by atoms with Crippen LogP contribution in [-0.4, -0.2) is 9.97 Å². The van der Waals surface area contributed by atoms with Gasteiger partial charge in [0, 0.05) is 12.2 Å². The number of nitrogens with zero attached hydrogens (tertiary/aromatic N) is 2. The monoisotopic (exact) mass is 247 g/mol. The van der Waals surface area contributed by atoms with Crippen LogP contribution in [0.5, 0.6) is 0 Å². The molecular weight excluding hydrogens is 234 g/mol. The van der Waals surface area contributed by atoms with Crippen LogP contribution < -0.4 is 5.32 Å². The van der Waals surface area contributed by atoms with Crippen LogP contribution in [0.15, 0.2) is 30.3 Å². The lowest BCUT2D eigenvalue weighted by atomic mass is 10.1. The molecule has 2 rings (SSSR count). The third-order valence-electron chi connectivity index (χ3n) is 2.39. The molecule has 3 nitrogen and oxygen atoms in total. The molecule has 0 unspecified atom stereocenters. The molecule has 0 saturated heterocycles. The summed E-state index contributed by atoms with van der Waals surface area (Å²) in [4.78, 5) is 8.37. The van der Waals surface area contributed by atoms with Gasteiger partial charge < -0.3 is 5.32 Å². The Morgan fingerprint density at radius 3 is 2.47 bits per heavy atom. The molecule has 88 valence electrons. The van der Waals surface area contributed by atoms with Crippen LogP contribution in [0.25, 0.3) is 0 Å². The number of aromatic nitrogens is 2. The van der Waals surface area contributed by atoms with E-state index >= 15 is 0 Å². The highest BCUT2D eigenvalue weighted by atomic mass is 35.5.